The molecule has 0 aromatic rings. The summed E-state index contributed by atoms with van der Waals surface area (Å²) in [6, 6.07) is 0. The topological polar surface area (TPSA) is 46.5 Å². The maximum atomic E-state index is 11.1. The van der Waals surface area contributed by atoms with Crippen LogP contribution in [0.5, 0.6) is 0 Å². The minimum absolute atomic E-state index is 0.241. The van der Waals surface area contributed by atoms with Gasteiger partial charge in [0.05, 0.1) is 19.1 Å². The van der Waals surface area contributed by atoms with Crippen LogP contribution in [-0.2, 0) is 9.53 Å². The van der Waals surface area contributed by atoms with Crippen LogP contribution in [0.25, 0.3) is 0 Å². The maximum absolute atomic E-state index is 11.1. The summed E-state index contributed by atoms with van der Waals surface area (Å²) in [7, 11) is 0. The number of carbonyl (C=O) groups excluding carboxylic acids is 1. The van der Waals surface area contributed by atoms with Gasteiger partial charge in [-0.25, -0.2) is 0 Å². The van der Waals surface area contributed by atoms with Crippen LogP contribution in [0.4, 0.5) is 0 Å². The van der Waals surface area contributed by atoms with Gasteiger partial charge in [-0.1, -0.05) is 20.8 Å². The first-order valence-electron chi connectivity index (χ1n) is 4.65. The smallest absolute Gasteiger partial charge is 0.308 e. The lowest BCUT2D eigenvalue weighted by molar-refractivity contribution is -0.147. The summed E-state index contributed by atoms with van der Waals surface area (Å²) in [5, 5.41) is 9.56. The Bertz CT molecular complexity index is 174. The molecular weight excluding hydrogens is 156 g/mol. The van der Waals surface area contributed by atoms with Crippen molar-refractivity contribution in [2.45, 2.75) is 40.2 Å². The van der Waals surface area contributed by atoms with E-state index in [-0.39, 0.29) is 6.61 Å². The molecule has 0 aliphatic rings. The summed E-state index contributed by atoms with van der Waals surface area (Å²) in [6.45, 7) is 7.24. The van der Waals surface area contributed by atoms with Crippen molar-refractivity contribution in [2.24, 2.45) is 5.41 Å². The van der Waals surface area contributed by atoms with Crippen LogP contribution in [0.15, 0.2) is 0 Å². The van der Waals surface area contributed by atoms with E-state index in [9.17, 15) is 9.90 Å². The predicted molar refractivity (Wildman–Crippen MR) is 46.7 cm³/mol. The quantitative estimate of drug-likeness (QED) is 0.658. The maximum Gasteiger partial charge on any atom is 0.308 e. The van der Waals surface area contributed by atoms with Crippen LogP contribution in [0.2, 0.25) is 0 Å². The third-order valence-corrected chi connectivity index (χ3v) is 1.47. The molecule has 0 aromatic carbocycles. The van der Waals surface area contributed by atoms with E-state index in [1.54, 1.807) is 27.7 Å². The molecule has 0 aromatic heterocycles. The average Bonchev–Trinajstić information content (AvgIpc) is 2.00. The van der Waals surface area contributed by atoms with Gasteiger partial charge in [-0.05, 0) is 12.3 Å². The number of esters is 1. The third-order valence-electron chi connectivity index (χ3n) is 1.47. The second kappa shape index (κ2) is 4.45. The SMILES string of the molecule is [2H][C@H](C(=O)OCC)[C@@H](O)C(C)(C)C. The van der Waals surface area contributed by atoms with Crippen LogP contribution in [0.3, 0.4) is 0 Å². The summed E-state index contributed by atoms with van der Waals surface area (Å²) in [5.74, 6) is -0.662. The number of aliphatic hydroxyl groups excluding tert-OH is 1. The Kier molecular flexibility index (Phi) is 3.53. The van der Waals surface area contributed by atoms with Crippen molar-refractivity contribution in [3.63, 3.8) is 0 Å². The minimum Gasteiger partial charge on any atom is -0.466 e. The van der Waals surface area contributed by atoms with Gasteiger partial charge in [-0.3, -0.25) is 4.79 Å². The van der Waals surface area contributed by atoms with Crippen molar-refractivity contribution in [3.8, 4) is 0 Å². The van der Waals surface area contributed by atoms with E-state index in [2.05, 4.69) is 4.74 Å². The van der Waals surface area contributed by atoms with Gasteiger partial charge in [0.15, 0.2) is 0 Å². The van der Waals surface area contributed by atoms with Crippen LogP contribution in [0.1, 0.15) is 35.5 Å². The number of hydrogen-bond acceptors (Lipinski definition) is 3. The van der Waals surface area contributed by atoms with E-state index in [1.807, 2.05) is 0 Å². The van der Waals surface area contributed by atoms with Gasteiger partial charge in [-0.15, -0.1) is 0 Å². The molecule has 0 heterocycles. The van der Waals surface area contributed by atoms with Crippen molar-refractivity contribution >= 4 is 5.97 Å². The molecule has 0 saturated heterocycles. The number of ether oxygens (including phenoxy) is 1. The fourth-order valence-electron chi connectivity index (χ4n) is 0.569. The number of carbonyl (C=O) groups is 1. The molecule has 0 bridgehead atoms. The summed E-state index contributed by atoms with van der Waals surface area (Å²) >= 11 is 0. The molecule has 0 saturated carbocycles. The van der Waals surface area contributed by atoms with E-state index < -0.39 is 23.9 Å². The summed E-state index contributed by atoms with van der Waals surface area (Å²) in [4.78, 5) is 11.1. The lowest BCUT2D eigenvalue weighted by Gasteiger charge is -2.24. The Labute approximate surface area is 75.1 Å². The van der Waals surface area contributed by atoms with Gasteiger partial charge in [0.2, 0.25) is 0 Å². The van der Waals surface area contributed by atoms with E-state index in [4.69, 9.17) is 1.37 Å². The van der Waals surface area contributed by atoms with Gasteiger partial charge in [0, 0.05) is 1.37 Å². The lowest BCUT2D eigenvalue weighted by atomic mass is 9.87. The number of aliphatic hydroxyl groups is 1. The normalized spacial score (nSPS) is 17.9. The third kappa shape index (κ3) is 4.34. The van der Waals surface area contributed by atoms with Crippen molar-refractivity contribution in [1.29, 1.82) is 0 Å². The van der Waals surface area contributed by atoms with Crippen LogP contribution in [-0.4, -0.2) is 23.8 Å². The Morgan fingerprint density at radius 3 is 2.50 bits per heavy atom. The van der Waals surface area contributed by atoms with Gasteiger partial charge >= 0.3 is 5.97 Å². The number of hydrogen-bond donors (Lipinski definition) is 1. The first-order chi connectivity index (χ1) is 5.80. The lowest BCUT2D eigenvalue weighted by Crippen LogP contribution is -2.29. The molecule has 72 valence electrons. The molecule has 0 aliphatic heterocycles. The zero-order valence-electron chi connectivity index (χ0n) is 9.13. The molecule has 0 fully saturated rings. The molecule has 2 atom stereocenters. The van der Waals surface area contributed by atoms with Crippen LogP contribution >= 0.6 is 0 Å². The Balaban J connectivity index is 4.25. The van der Waals surface area contributed by atoms with Gasteiger partial charge in [-0.2, -0.15) is 0 Å². The van der Waals surface area contributed by atoms with Crippen LogP contribution in [0, 0.1) is 5.41 Å². The Morgan fingerprint density at radius 1 is 1.67 bits per heavy atom. The molecule has 3 heteroatoms. The van der Waals surface area contributed by atoms with Gasteiger partial charge in [0.1, 0.15) is 0 Å². The minimum atomic E-state index is -1.21. The molecule has 0 rings (SSSR count). The fourth-order valence-corrected chi connectivity index (χ4v) is 0.569. The standard InChI is InChI=1S/C9H18O3/c1-5-12-8(11)6-7(10)9(2,3)4/h7,10H,5-6H2,1-4H3/t7-/m1/s1/i6D/t6-,7+/m0. The largest absolute Gasteiger partial charge is 0.466 e. The summed E-state index contributed by atoms with van der Waals surface area (Å²) in [6.07, 6.45) is -2.20. The predicted octanol–water partition coefficient (Wildman–Crippen LogP) is 1.35. The first-order valence-corrected chi connectivity index (χ1v) is 4.07. The molecule has 0 unspecified atom stereocenters. The Hall–Kier alpha value is -0.570. The molecule has 0 radical (unpaired) electrons. The van der Waals surface area contributed by atoms with Crippen molar-refractivity contribution < 1.29 is 16.0 Å². The van der Waals surface area contributed by atoms with Gasteiger partial charge in [0.25, 0.3) is 0 Å². The highest BCUT2D eigenvalue weighted by atomic mass is 16.5. The van der Waals surface area contributed by atoms with Crippen molar-refractivity contribution in [1.82, 2.24) is 0 Å². The van der Waals surface area contributed by atoms with Gasteiger partial charge < -0.3 is 9.84 Å². The van der Waals surface area contributed by atoms with E-state index in [0.717, 1.165) is 0 Å². The second-order valence-electron chi connectivity index (χ2n) is 3.73. The summed E-state index contributed by atoms with van der Waals surface area (Å²) in [5.41, 5.74) is -0.473. The molecule has 0 aliphatic carbocycles. The highest BCUT2D eigenvalue weighted by molar-refractivity contribution is 5.70. The van der Waals surface area contributed by atoms with Crippen LogP contribution < -0.4 is 0 Å². The Morgan fingerprint density at radius 2 is 2.17 bits per heavy atom. The van der Waals surface area contributed by atoms with E-state index >= 15 is 0 Å². The monoisotopic (exact) mass is 175 g/mol. The fraction of sp³-hybridized carbons (Fsp3) is 0.889. The molecule has 0 spiro atoms. The zero-order chi connectivity index (χ0) is 10.6. The van der Waals surface area contributed by atoms with Crippen molar-refractivity contribution in [2.75, 3.05) is 6.61 Å². The molecular formula is C9H18O3. The summed E-state index contributed by atoms with van der Waals surface area (Å²) < 4.78 is 12.1. The second-order valence-corrected chi connectivity index (χ2v) is 3.73. The highest BCUT2D eigenvalue weighted by Crippen LogP contribution is 2.21. The highest BCUT2D eigenvalue weighted by Gasteiger charge is 2.24. The molecule has 3 nitrogen and oxygen atoms in total. The van der Waals surface area contributed by atoms with E-state index in [0.29, 0.717) is 0 Å². The first kappa shape index (κ1) is 9.52. The van der Waals surface area contributed by atoms with E-state index in [1.165, 1.54) is 0 Å². The zero-order valence-corrected chi connectivity index (χ0v) is 8.13. The van der Waals surface area contributed by atoms with Crippen molar-refractivity contribution in [3.05, 3.63) is 0 Å². The molecule has 12 heavy (non-hydrogen) atoms. The molecule has 0 amide bonds. The molecule has 1 N–H and O–H groups in total. The average molecular weight is 175 g/mol. The number of rotatable bonds is 3.